The van der Waals surface area contributed by atoms with E-state index in [1.807, 2.05) is 13.8 Å². The SMILES string of the molecule is CC1(C)COCC1n1c(Cc2cc(F)c(-c3ccc(F)c(OCc4ccc(Cl)cc4)n3)cc2F)nc2c(F)cc(C(=O)O)cc21. The molecule has 5 aromatic rings. The number of halogens is 5. The van der Waals surface area contributed by atoms with Gasteiger partial charge in [0.2, 0.25) is 0 Å². The summed E-state index contributed by atoms with van der Waals surface area (Å²) in [4.78, 5) is 20.2. The lowest BCUT2D eigenvalue weighted by molar-refractivity contribution is 0.0696. The minimum atomic E-state index is -1.32. The highest BCUT2D eigenvalue weighted by molar-refractivity contribution is 6.30. The number of fused-ring (bicyclic) bond motifs is 1. The maximum absolute atomic E-state index is 15.6. The molecule has 3 heterocycles. The number of carbonyl (C=O) groups is 1. The van der Waals surface area contributed by atoms with E-state index in [0.29, 0.717) is 17.2 Å². The Morgan fingerprint density at radius 3 is 2.44 bits per heavy atom. The first-order valence-corrected chi connectivity index (χ1v) is 14.3. The Labute approximate surface area is 260 Å². The molecule has 0 spiro atoms. The monoisotopic (exact) mass is 639 g/mol. The van der Waals surface area contributed by atoms with Crippen molar-refractivity contribution in [3.63, 3.8) is 0 Å². The third-order valence-electron chi connectivity index (χ3n) is 7.90. The van der Waals surface area contributed by atoms with E-state index in [2.05, 4.69) is 9.97 Å². The Hall–Kier alpha value is -4.48. The fourth-order valence-electron chi connectivity index (χ4n) is 5.47. The van der Waals surface area contributed by atoms with Gasteiger partial charge in [0.1, 0.15) is 29.6 Å². The second-order valence-electron chi connectivity index (χ2n) is 11.5. The number of rotatable bonds is 8. The molecule has 1 fully saturated rings. The molecule has 232 valence electrons. The number of aromatic carboxylic acids is 1. The van der Waals surface area contributed by atoms with Crippen LogP contribution in [0.4, 0.5) is 17.6 Å². The van der Waals surface area contributed by atoms with Crippen LogP contribution in [0.3, 0.4) is 0 Å². The molecule has 0 amide bonds. The second-order valence-corrected chi connectivity index (χ2v) is 12.0. The maximum atomic E-state index is 15.6. The van der Waals surface area contributed by atoms with Crippen LogP contribution in [0.2, 0.25) is 5.02 Å². The molecule has 1 N–H and O–H groups in total. The van der Waals surface area contributed by atoms with Crippen molar-refractivity contribution in [3.05, 3.63) is 111 Å². The van der Waals surface area contributed by atoms with Gasteiger partial charge in [-0.2, -0.15) is 0 Å². The first-order valence-electron chi connectivity index (χ1n) is 13.9. The van der Waals surface area contributed by atoms with Crippen LogP contribution in [-0.4, -0.2) is 38.8 Å². The Balaban J connectivity index is 1.35. The van der Waals surface area contributed by atoms with Gasteiger partial charge in [-0.25, -0.2) is 32.3 Å². The fourth-order valence-corrected chi connectivity index (χ4v) is 5.60. The Morgan fingerprint density at radius 2 is 1.76 bits per heavy atom. The molecule has 1 aliphatic heterocycles. The van der Waals surface area contributed by atoms with Crippen LogP contribution >= 0.6 is 11.6 Å². The number of benzene rings is 3. The number of pyridine rings is 1. The summed E-state index contributed by atoms with van der Waals surface area (Å²) < 4.78 is 73.6. The summed E-state index contributed by atoms with van der Waals surface area (Å²) in [6, 6.07) is 12.7. The molecule has 0 aliphatic carbocycles. The van der Waals surface area contributed by atoms with Crippen molar-refractivity contribution >= 4 is 28.6 Å². The van der Waals surface area contributed by atoms with Crippen LogP contribution < -0.4 is 4.74 Å². The van der Waals surface area contributed by atoms with Crippen molar-refractivity contribution in [3.8, 4) is 17.1 Å². The van der Waals surface area contributed by atoms with E-state index in [1.54, 1.807) is 28.8 Å². The van der Waals surface area contributed by atoms with Crippen LogP contribution in [0.1, 0.15) is 47.2 Å². The van der Waals surface area contributed by atoms with Crippen LogP contribution in [0.25, 0.3) is 22.3 Å². The van der Waals surface area contributed by atoms with Gasteiger partial charge in [-0.15, -0.1) is 0 Å². The number of carboxylic acids is 1. The van der Waals surface area contributed by atoms with E-state index in [4.69, 9.17) is 21.1 Å². The Bertz CT molecular complexity index is 1950. The van der Waals surface area contributed by atoms with Crippen LogP contribution in [0.15, 0.2) is 60.7 Å². The fraction of sp³-hybridized carbons (Fsp3) is 0.242. The van der Waals surface area contributed by atoms with Crippen molar-refractivity contribution in [2.75, 3.05) is 13.2 Å². The Kier molecular flexibility index (Phi) is 8.00. The van der Waals surface area contributed by atoms with E-state index in [9.17, 15) is 14.3 Å². The molecular weight excluding hydrogens is 614 g/mol. The molecule has 6 rings (SSSR count). The van der Waals surface area contributed by atoms with Crippen molar-refractivity contribution in [2.45, 2.75) is 32.9 Å². The van der Waals surface area contributed by atoms with Gasteiger partial charge in [-0.3, -0.25) is 0 Å². The third kappa shape index (κ3) is 5.97. The number of hydrogen-bond acceptors (Lipinski definition) is 5. The van der Waals surface area contributed by atoms with Crippen molar-refractivity contribution in [1.82, 2.24) is 14.5 Å². The molecule has 0 radical (unpaired) electrons. The smallest absolute Gasteiger partial charge is 0.335 e. The predicted octanol–water partition coefficient (Wildman–Crippen LogP) is 7.77. The third-order valence-corrected chi connectivity index (χ3v) is 8.15. The van der Waals surface area contributed by atoms with Crippen molar-refractivity contribution in [2.24, 2.45) is 5.41 Å². The van der Waals surface area contributed by atoms with E-state index in [0.717, 1.165) is 24.3 Å². The van der Waals surface area contributed by atoms with Gasteiger partial charge in [-0.1, -0.05) is 37.6 Å². The van der Waals surface area contributed by atoms with Crippen molar-refractivity contribution in [1.29, 1.82) is 0 Å². The molecule has 1 atom stereocenters. The predicted molar refractivity (Wildman–Crippen MR) is 158 cm³/mol. The number of aromatic nitrogens is 3. The summed E-state index contributed by atoms with van der Waals surface area (Å²) in [5.41, 5.74) is -0.242. The van der Waals surface area contributed by atoms with E-state index in [-0.39, 0.29) is 70.8 Å². The molecule has 0 saturated carbocycles. The van der Waals surface area contributed by atoms with E-state index < -0.39 is 34.7 Å². The average Bonchev–Trinajstić information content (AvgIpc) is 3.53. The lowest BCUT2D eigenvalue weighted by Crippen LogP contribution is -2.27. The lowest BCUT2D eigenvalue weighted by Gasteiger charge is -2.28. The zero-order chi connectivity index (χ0) is 32.0. The standard InChI is InChI=1S/C33H26ClF4N3O4/c1-33(2)16-44-15-28(33)41-27-11-19(32(42)43)10-25(38)30(27)40-29(41)12-18-9-24(37)21(13-23(18)36)26-8-7-22(35)31(39-26)45-14-17-3-5-20(34)6-4-17/h3-11,13,28H,12,14-16H2,1-2H3,(H,42,43). The average molecular weight is 640 g/mol. The summed E-state index contributed by atoms with van der Waals surface area (Å²) in [5.74, 6) is -4.75. The number of ether oxygens (including phenoxy) is 2. The highest BCUT2D eigenvalue weighted by Crippen LogP contribution is 2.41. The van der Waals surface area contributed by atoms with Gasteiger partial charge in [0.25, 0.3) is 5.88 Å². The summed E-state index contributed by atoms with van der Waals surface area (Å²) in [6.07, 6.45) is -0.238. The number of hydrogen-bond donors (Lipinski definition) is 1. The largest absolute Gasteiger partial charge is 0.478 e. The number of carboxylic acid groups (broad SMARTS) is 1. The van der Waals surface area contributed by atoms with Gasteiger partial charge in [-0.05, 0) is 59.7 Å². The zero-order valence-corrected chi connectivity index (χ0v) is 24.8. The highest BCUT2D eigenvalue weighted by atomic mass is 35.5. The molecule has 3 aromatic carbocycles. The normalized spacial score (nSPS) is 15.9. The highest BCUT2D eigenvalue weighted by Gasteiger charge is 2.39. The molecule has 2 aromatic heterocycles. The summed E-state index contributed by atoms with van der Waals surface area (Å²) in [5, 5.41) is 10.1. The molecular formula is C33H26ClF4N3O4. The van der Waals surface area contributed by atoms with Crippen LogP contribution in [0, 0.1) is 28.7 Å². The van der Waals surface area contributed by atoms with Crippen LogP contribution in [-0.2, 0) is 17.8 Å². The molecule has 7 nitrogen and oxygen atoms in total. The zero-order valence-electron chi connectivity index (χ0n) is 24.1. The lowest BCUT2D eigenvalue weighted by atomic mass is 9.87. The molecule has 0 bridgehead atoms. The van der Waals surface area contributed by atoms with Crippen LogP contribution in [0.5, 0.6) is 5.88 Å². The minimum Gasteiger partial charge on any atom is -0.478 e. The Morgan fingerprint density at radius 1 is 1.00 bits per heavy atom. The minimum absolute atomic E-state index is 0.0291. The molecule has 12 heteroatoms. The van der Waals surface area contributed by atoms with Gasteiger partial charge in [0.15, 0.2) is 11.6 Å². The maximum Gasteiger partial charge on any atom is 0.335 e. The first-order chi connectivity index (χ1) is 21.4. The quantitative estimate of drug-likeness (QED) is 0.175. The van der Waals surface area contributed by atoms with Gasteiger partial charge < -0.3 is 19.1 Å². The van der Waals surface area contributed by atoms with E-state index >= 15 is 13.2 Å². The first kappa shape index (κ1) is 30.5. The molecule has 1 saturated heterocycles. The summed E-state index contributed by atoms with van der Waals surface area (Å²) in [6.45, 7) is 4.47. The number of nitrogens with zero attached hydrogens (tertiary/aromatic N) is 3. The molecule has 45 heavy (non-hydrogen) atoms. The topological polar surface area (TPSA) is 86.5 Å². The second kappa shape index (κ2) is 11.8. The van der Waals surface area contributed by atoms with Gasteiger partial charge in [0.05, 0.1) is 36.0 Å². The summed E-state index contributed by atoms with van der Waals surface area (Å²) in [7, 11) is 0. The summed E-state index contributed by atoms with van der Waals surface area (Å²) >= 11 is 5.89. The van der Waals surface area contributed by atoms with Gasteiger partial charge >= 0.3 is 5.97 Å². The molecule has 1 unspecified atom stereocenters. The number of imidazole rings is 1. The molecule has 1 aliphatic rings. The van der Waals surface area contributed by atoms with Gasteiger partial charge in [0, 0.05) is 22.4 Å². The van der Waals surface area contributed by atoms with E-state index in [1.165, 1.54) is 12.1 Å². The van der Waals surface area contributed by atoms with Crippen molar-refractivity contribution < 1.29 is 36.9 Å².